The van der Waals surface area contributed by atoms with Gasteiger partial charge >= 0.3 is 14.6 Å². The van der Waals surface area contributed by atoms with Gasteiger partial charge in [-0.25, -0.2) is 9.13 Å². The van der Waals surface area contributed by atoms with Crippen LogP contribution in [-0.2, 0) is 18.2 Å². The third-order valence-electron chi connectivity index (χ3n) is 6.30. The molecule has 4 saturated carbocycles. The molecule has 2 unspecified atom stereocenters. The van der Waals surface area contributed by atoms with Gasteiger partial charge < -0.3 is 9.79 Å². The fraction of sp³-hybridized carbons (Fsp3) is 1.00. The maximum atomic E-state index is 12.5. The molecule has 0 saturated heterocycles. The summed E-state index contributed by atoms with van der Waals surface area (Å²) in [6.07, 6.45) is 8.17. The van der Waals surface area contributed by atoms with Crippen molar-refractivity contribution in [2.45, 2.75) is 75.4 Å². The lowest BCUT2D eigenvalue weighted by Crippen LogP contribution is -2.28. The molecule has 4 aliphatic carbocycles. The van der Waals surface area contributed by atoms with Crippen molar-refractivity contribution in [3.05, 3.63) is 0 Å². The normalized spacial score (nSPS) is 48.5. The lowest BCUT2D eigenvalue weighted by atomic mass is 9.98. The molecule has 126 valence electrons. The Morgan fingerprint density at radius 2 is 1.05 bits per heavy atom. The second-order valence-electron chi connectivity index (χ2n) is 7.82. The molecule has 0 aromatic carbocycles. The van der Waals surface area contributed by atoms with Crippen molar-refractivity contribution >= 4 is 14.6 Å². The number of rotatable bonds is 5. The smallest absolute Gasteiger partial charge is 0.316 e. The van der Waals surface area contributed by atoms with Crippen LogP contribution >= 0.6 is 14.6 Å². The molecule has 0 aromatic rings. The first kappa shape index (κ1) is 15.8. The highest BCUT2D eigenvalue weighted by atomic mass is 32.1. The van der Waals surface area contributed by atoms with E-state index in [4.69, 9.17) is 9.05 Å². The number of hydrogen-bond acceptors (Lipinski definition) is 4. The maximum absolute atomic E-state index is 12.5. The molecule has 0 aromatic heterocycles. The molecule has 4 aliphatic rings. The van der Waals surface area contributed by atoms with Crippen LogP contribution in [0.4, 0.5) is 0 Å². The zero-order chi connectivity index (χ0) is 15.6. The fourth-order valence-corrected chi connectivity index (χ4v) is 8.53. The largest absolute Gasteiger partial charge is 0.439 e. The van der Waals surface area contributed by atoms with E-state index < -0.39 is 25.8 Å². The van der Waals surface area contributed by atoms with E-state index in [9.17, 15) is 18.9 Å². The van der Waals surface area contributed by atoms with Gasteiger partial charge in [-0.2, -0.15) is 0 Å². The molecular formula is C14H24O6P2. The molecule has 0 amide bonds. The van der Waals surface area contributed by atoms with E-state index >= 15 is 0 Å². The van der Waals surface area contributed by atoms with E-state index in [1.165, 1.54) is 0 Å². The molecule has 2 N–H and O–H groups in total. The van der Waals surface area contributed by atoms with Crippen LogP contribution in [0.2, 0.25) is 0 Å². The van der Waals surface area contributed by atoms with Crippen LogP contribution < -0.4 is 0 Å². The summed E-state index contributed by atoms with van der Waals surface area (Å²) in [4.78, 5) is 20.4. The van der Waals surface area contributed by atoms with Crippen molar-refractivity contribution in [1.29, 1.82) is 0 Å². The molecule has 0 radical (unpaired) electrons. The summed E-state index contributed by atoms with van der Waals surface area (Å²) in [5, 5.41) is 0. The van der Waals surface area contributed by atoms with E-state index in [1.54, 1.807) is 0 Å². The maximum Gasteiger partial charge on any atom is 0.439 e. The highest BCUT2D eigenvalue weighted by Crippen LogP contribution is 2.82. The minimum Gasteiger partial charge on any atom is -0.316 e. The van der Waals surface area contributed by atoms with Crippen molar-refractivity contribution in [2.75, 3.05) is 0 Å². The van der Waals surface area contributed by atoms with Crippen LogP contribution in [0, 0.1) is 11.8 Å². The van der Waals surface area contributed by atoms with E-state index in [0.717, 1.165) is 38.5 Å². The second kappa shape index (κ2) is 4.91. The Kier molecular flexibility index (Phi) is 3.52. The average molecular weight is 350 g/mol. The molecule has 4 bridgehead atoms. The van der Waals surface area contributed by atoms with Gasteiger partial charge in [0.05, 0.1) is 11.2 Å². The van der Waals surface area contributed by atoms with Gasteiger partial charge in [-0.1, -0.05) is 0 Å². The molecule has 8 heteroatoms. The van der Waals surface area contributed by atoms with Crippen LogP contribution in [0.3, 0.4) is 0 Å². The molecule has 0 heterocycles. The van der Waals surface area contributed by atoms with Crippen LogP contribution in [0.15, 0.2) is 0 Å². The Morgan fingerprint density at radius 1 is 0.727 bits per heavy atom. The zero-order valence-electron chi connectivity index (χ0n) is 12.6. The van der Waals surface area contributed by atoms with Crippen molar-refractivity contribution in [3.63, 3.8) is 0 Å². The van der Waals surface area contributed by atoms with Crippen LogP contribution in [0.25, 0.3) is 0 Å². The Bertz CT molecular complexity index is 510. The Hall–Kier alpha value is 0.300. The molecule has 4 fully saturated rings. The molecule has 22 heavy (non-hydrogen) atoms. The van der Waals surface area contributed by atoms with E-state index in [2.05, 4.69) is 0 Å². The minimum atomic E-state index is -4.70. The molecule has 6 nitrogen and oxygen atoms in total. The highest BCUT2D eigenvalue weighted by Gasteiger charge is 2.59. The summed E-state index contributed by atoms with van der Waals surface area (Å²) in [5.74, 6) is 1.06. The molecule has 0 aliphatic heterocycles. The van der Waals surface area contributed by atoms with Gasteiger partial charge in [0.2, 0.25) is 0 Å². The van der Waals surface area contributed by atoms with Gasteiger partial charge in [0, 0.05) is 0 Å². The van der Waals surface area contributed by atoms with E-state index in [-0.39, 0.29) is 0 Å². The Balaban J connectivity index is 1.51. The lowest BCUT2D eigenvalue weighted by Gasteiger charge is -2.34. The standard InChI is InChI=1S/C14H24O6P2/c15-21(16,19-13-5-1-11(9-13)2-6-13)22(17,18)20-14-7-3-12(10-14)4-8-14/h11-12H,1-10H2,(H,15,16)(H,17,18). The predicted molar refractivity (Wildman–Crippen MR) is 80.4 cm³/mol. The van der Waals surface area contributed by atoms with Crippen LogP contribution in [0.5, 0.6) is 0 Å². The predicted octanol–water partition coefficient (Wildman–Crippen LogP) is 3.97. The molecule has 0 spiro atoms. The zero-order valence-corrected chi connectivity index (χ0v) is 14.4. The van der Waals surface area contributed by atoms with Crippen molar-refractivity contribution in [1.82, 2.24) is 0 Å². The number of hydrogen-bond donors (Lipinski definition) is 2. The second-order valence-corrected chi connectivity index (χ2v) is 13.2. The van der Waals surface area contributed by atoms with Crippen molar-refractivity contribution in [3.8, 4) is 0 Å². The van der Waals surface area contributed by atoms with Gasteiger partial charge in [-0.05, 0) is 76.0 Å². The summed E-state index contributed by atoms with van der Waals surface area (Å²) >= 11 is 0. The van der Waals surface area contributed by atoms with Gasteiger partial charge in [-0.15, -0.1) is 0 Å². The first-order chi connectivity index (χ1) is 10.2. The Labute approximate surface area is 130 Å². The van der Waals surface area contributed by atoms with Crippen molar-refractivity contribution < 1.29 is 28.0 Å². The number of fused-ring (bicyclic) bond motifs is 4. The van der Waals surface area contributed by atoms with Crippen LogP contribution in [-0.4, -0.2) is 21.0 Å². The molecule has 4 rings (SSSR count). The third-order valence-corrected chi connectivity index (χ3v) is 10.6. The van der Waals surface area contributed by atoms with Gasteiger partial charge in [0.15, 0.2) is 0 Å². The van der Waals surface area contributed by atoms with Gasteiger partial charge in [0.25, 0.3) is 0 Å². The Morgan fingerprint density at radius 3 is 1.27 bits per heavy atom. The third kappa shape index (κ3) is 2.47. The van der Waals surface area contributed by atoms with Gasteiger partial charge in [-0.3, -0.25) is 9.05 Å². The summed E-state index contributed by atoms with van der Waals surface area (Å²) in [7, 11) is -9.40. The first-order valence-electron chi connectivity index (χ1n) is 8.31. The van der Waals surface area contributed by atoms with Crippen molar-refractivity contribution in [2.24, 2.45) is 11.8 Å². The average Bonchev–Trinajstić information content (AvgIpc) is 3.15. The quantitative estimate of drug-likeness (QED) is 0.729. The monoisotopic (exact) mass is 350 g/mol. The minimum absolute atomic E-state index is 0.531. The summed E-state index contributed by atoms with van der Waals surface area (Å²) in [5.41, 5.74) is -1.36. The SMILES string of the molecule is O=P(O)(OC12CCC(CC1)C2)P(=O)(O)OC12CCC(CC1)C2. The lowest BCUT2D eigenvalue weighted by molar-refractivity contribution is 0.0506. The molecule has 2 atom stereocenters. The summed E-state index contributed by atoms with van der Waals surface area (Å²) in [6, 6.07) is 0. The summed E-state index contributed by atoms with van der Waals surface area (Å²) < 4.78 is 35.9. The highest BCUT2D eigenvalue weighted by molar-refractivity contribution is 8.26. The van der Waals surface area contributed by atoms with Crippen LogP contribution in [0.1, 0.15) is 64.2 Å². The summed E-state index contributed by atoms with van der Waals surface area (Å²) in [6.45, 7) is 0. The molecular weight excluding hydrogens is 326 g/mol. The van der Waals surface area contributed by atoms with E-state index in [0.29, 0.717) is 37.5 Å². The van der Waals surface area contributed by atoms with E-state index in [1.807, 2.05) is 0 Å². The topological polar surface area (TPSA) is 93.1 Å². The fourth-order valence-electron chi connectivity index (χ4n) is 5.14. The first-order valence-corrected chi connectivity index (χ1v) is 12.2. The van der Waals surface area contributed by atoms with Gasteiger partial charge in [0.1, 0.15) is 0 Å².